The van der Waals surface area contributed by atoms with Crippen LogP contribution in [0.3, 0.4) is 0 Å². The predicted molar refractivity (Wildman–Crippen MR) is 100 cm³/mol. The highest BCUT2D eigenvalue weighted by molar-refractivity contribution is 7.80. The van der Waals surface area contributed by atoms with Crippen LogP contribution in [0, 0.1) is 0 Å². The van der Waals surface area contributed by atoms with Crippen LogP contribution in [0.15, 0.2) is 30.3 Å². The van der Waals surface area contributed by atoms with Gasteiger partial charge in [-0.3, -0.25) is 14.4 Å². The first-order valence-corrected chi connectivity index (χ1v) is 8.83. The third-order valence-electron chi connectivity index (χ3n) is 3.72. The van der Waals surface area contributed by atoms with Gasteiger partial charge in [0.15, 0.2) is 0 Å². The van der Waals surface area contributed by atoms with Gasteiger partial charge in [0.05, 0.1) is 6.04 Å². The second-order valence-electron chi connectivity index (χ2n) is 5.87. The number of benzene rings is 1. The monoisotopic (exact) mass is 397 g/mol. The van der Waals surface area contributed by atoms with E-state index in [0.717, 1.165) is 5.56 Å². The highest BCUT2D eigenvalue weighted by Gasteiger charge is 2.27. The minimum atomic E-state index is -1.21. The van der Waals surface area contributed by atoms with Crippen LogP contribution in [0.2, 0.25) is 0 Å². The quantitative estimate of drug-likeness (QED) is 0.272. The first-order valence-electron chi connectivity index (χ1n) is 8.20. The van der Waals surface area contributed by atoms with Gasteiger partial charge in [0, 0.05) is 18.6 Å². The number of hydrogen-bond donors (Lipinski definition) is 6. The zero-order valence-corrected chi connectivity index (χ0v) is 15.4. The Morgan fingerprint density at radius 2 is 1.59 bits per heavy atom. The topological polar surface area (TPSA) is 159 Å². The Hall–Kier alpha value is -2.59. The van der Waals surface area contributed by atoms with Gasteiger partial charge in [-0.1, -0.05) is 30.3 Å². The predicted octanol–water partition coefficient (Wildman–Crippen LogP) is -0.595. The lowest BCUT2D eigenvalue weighted by atomic mass is 10.1. The number of hydrogen-bond acceptors (Lipinski definition) is 6. The molecule has 6 N–H and O–H groups in total. The van der Waals surface area contributed by atoms with Gasteiger partial charge in [0.2, 0.25) is 11.8 Å². The molecule has 27 heavy (non-hydrogen) atoms. The summed E-state index contributed by atoms with van der Waals surface area (Å²) < 4.78 is 0. The van der Waals surface area contributed by atoms with Crippen molar-refractivity contribution in [3.05, 3.63) is 35.9 Å². The number of carboxylic acids is 2. The van der Waals surface area contributed by atoms with E-state index >= 15 is 0 Å². The molecule has 10 heteroatoms. The minimum absolute atomic E-state index is 0.0767. The maximum Gasteiger partial charge on any atom is 0.326 e. The van der Waals surface area contributed by atoms with Gasteiger partial charge in [-0.2, -0.15) is 12.6 Å². The van der Waals surface area contributed by atoms with E-state index in [4.69, 9.17) is 10.8 Å². The summed E-state index contributed by atoms with van der Waals surface area (Å²) in [6.07, 6.45) is -0.300. The Kier molecular flexibility index (Phi) is 9.31. The molecule has 1 rings (SSSR count). The standard InChI is InChI=1S/C17H23N3O6S/c18-11(6-7-14(21)22)15(23)20-13(9-27)16(24)19-12(17(25)26)8-10-4-2-1-3-5-10/h1-5,11-13,27H,6-9,18H2,(H,19,24)(H,20,23)(H,21,22)(H,25,26). The summed E-state index contributed by atoms with van der Waals surface area (Å²) >= 11 is 4.00. The number of nitrogens with two attached hydrogens (primary N) is 1. The third-order valence-corrected chi connectivity index (χ3v) is 4.08. The molecule has 0 aliphatic rings. The average molecular weight is 397 g/mol. The van der Waals surface area contributed by atoms with Crippen LogP contribution in [0.25, 0.3) is 0 Å². The summed E-state index contributed by atoms with van der Waals surface area (Å²) in [5, 5.41) is 22.7. The Labute approximate surface area is 161 Å². The highest BCUT2D eigenvalue weighted by Crippen LogP contribution is 2.04. The molecule has 9 nitrogen and oxygen atoms in total. The lowest BCUT2D eigenvalue weighted by Gasteiger charge is -2.21. The molecule has 0 aliphatic carbocycles. The minimum Gasteiger partial charge on any atom is -0.481 e. The number of amides is 2. The van der Waals surface area contributed by atoms with Crippen molar-refractivity contribution in [2.24, 2.45) is 5.73 Å². The summed E-state index contributed by atoms with van der Waals surface area (Å²) in [5.74, 6) is -3.81. The Morgan fingerprint density at radius 1 is 1.00 bits per heavy atom. The molecule has 0 saturated carbocycles. The van der Waals surface area contributed by atoms with Gasteiger partial charge in [-0.25, -0.2) is 4.79 Å². The Bertz CT molecular complexity index is 670. The van der Waals surface area contributed by atoms with Gasteiger partial charge in [-0.15, -0.1) is 0 Å². The lowest BCUT2D eigenvalue weighted by molar-refractivity contribution is -0.142. The van der Waals surface area contributed by atoms with Crippen LogP contribution in [0.1, 0.15) is 18.4 Å². The fourth-order valence-corrected chi connectivity index (χ4v) is 2.46. The largest absolute Gasteiger partial charge is 0.481 e. The molecule has 2 amide bonds. The van der Waals surface area contributed by atoms with Crippen LogP contribution in [0.4, 0.5) is 0 Å². The molecule has 0 aromatic heterocycles. The first kappa shape index (κ1) is 22.5. The van der Waals surface area contributed by atoms with Crippen molar-refractivity contribution in [3.8, 4) is 0 Å². The van der Waals surface area contributed by atoms with E-state index in [1.807, 2.05) is 0 Å². The number of carbonyl (C=O) groups is 4. The lowest BCUT2D eigenvalue weighted by Crippen LogP contribution is -2.55. The van der Waals surface area contributed by atoms with Gasteiger partial charge in [-0.05, 0) is 12.0 Å². The van der Waals surface area contributed by atoms with E-state index in [9.17, 15) is 24.3 Å². The second-order valence-corrected chi connectivity index (χ2v) is 6.24. The molecular formula is C17H23N3O6S. The second kappa shape index (κ2) is 11.2. The molecular weight excluding hydrogens is 374 g/mol. The molecule has 1 aromatic rings. The molecule has 0 bridgehead atoms. The van der Waals surface area contributed by atoms with Crippen molar-refractivity contribution in [3.63, 3.8) is 0 Å². The summed E-state index contributed by atoms with van der Waals surface area (Å²) in [6.45, 7) is 0. The molecule has 3 atom stereocenters. The molecule has 0 saturated heterocycles. The number of rotatable bonds is 11. The van der Waals surface area contributed by atoms with Crippen LogP contribution in [-0.2, 0) is 25.6 Å². The summed E-state index contributed by atoms with van der Waals surface area (Å²) in [4.78, 5) is 46.3. The van der Waals surface area contributed by atoms with Crippen molar-refractivity contribution in [2.75, 3.05) is 5.75 Å². The van der Waals surface area contributed by atoms with Crippen LogP contribution in [-0.4, -0.2) is 57.8 Å². The van der Waals surface area contributed by atoms with Crippen LogP contribution < -0.4 is 16.4 Å². The third kappa shape index (κ3) is 8.09. The number of carbonyl (C=O) groups excluding carboxylic acids is 2. The zero-order chi connectivity index (χ0) is 20.4. The van der Waals surface area contributed by atoms with Gasteiger partial charge >= 0.3 is 11.9 Å². The summed E-state index contributed by atoms with van der Waals surface area (Å²) in [7, 11) is 0. The number of aliphatic carboxylic acids is 2. The summed E-state index contributed by atoms with van der Waals surface area (Å²) in [6, 6.07) is 5.39. The SMILES string of the molecule is NC(CCC(=O)O)C(=O)NC(CS)C(=O)NC(Cc1ccccc1)C(=O)O. The van der Waals surface area contributed by atoms with Gasteiger partial charge < -0.3 is 26.6 Å². The van der Waals surface area contributed by atoms with Crippen molar-refractivity contribution in [1.29, 1.82) is 0 Å². The highest BCUT2D eigenvalue weighted by atomic mass is 32.1. The summed E-state index contributed by atoms with van der Waals surface area (Å²) in [5.41, 5.74) is 6.32. The fraction of sp³-hybridized carbons (Fsp3) is 0.412. The van der Waals surface area contributed by atoms with E-state index in [-0.39, 0.29) is 25.0 Å². The maximum atomic E-state index is 12.3. The first-order chi connectivity index (χ1) is 12.7. The molecule has 3 unspecified atom stereocenters. The van der Waals surface area contributed by atoms with Crippen molar-refractivity contribution >= 4 is 36.4 Å². The molecule has 0 aliphatic heterocycles. The zero-order valence-electron chi connectivity index (χ0n) is 14.5. The van der Waals surface area contributed by atoms with E-state index in [2.05, 4.69) is 23.3 Å². The van der Waals surface area contributed by atoms with Crippen molar-refractivity contribution < 1.29 is 29.4 Å². The van der Waals surface area contributed by atoms with Gasteiger partial charge in [0.25, 0.3) is 0 Å². The smallest absolute Gasteiger partial charge is 0.326 e. The van der Waals surface area contributed by atoms with Crippen LogP contribution in [0.5, 0.6) is 0 Å². The van der Waals surface area contributed by atoms with E-state index in [1.54, 1.807) is 30.3 Å². The molecule has 0 radical (unpaired) electrons. The van der Waals surface area contributed by atoms with Crippen molar-refractivity contribution in [1.82, 2.24) is 10.6 Å². The Morgan fingerprint density at radius 3 is 2.11 bits per heavy atom. The molecule has 1 aromatic carbocycles. The van der Waals surface area contributed by atoms with E-state index in [1.165, 1.54) is 0 Å². The number of thiol groups is 1. The van der Waals surface area contributed by atoms with Crippen molar-refractivity contribution in [2.45, 2.75) is 37.4 Å². The molecule has 148 valence electrons. The van der Waals surface area contributed by atoms with Crippen LogP contribution >= 0.6 is 12.6 Å². The molecule has 0 spiro atoms. The normalized spacial score (nSPS) is 13.9. The van der Waals surface area contributed by atoms with Gasteiger partial charge in [0.1, 0.15) is 12.1 Å². The molecule has 0 fully saturated rings. The van der Waals surface area contributed by atoms with E-state index in [0.29, 0.717) is 0 Å². The number of nitrogens with one attached hydrogen (secondary N) is 2. The maximum absolute atomic E-state index is 12.3. The molecule has 0 heterocycles. The van der Waals surface area contributed by atoms with E-state index < -0.39 is 41.9 Å². The Balaban J connectivity index is 2.67. The fourth-order valence-electron chi connectivity index (χ4n) is 2.21. The average Bonchev–Trinajstić information content (AvgIpc) is 2.63. The number of carboxylic acid groups (broad SMARTS) is 2.